The van der Waals surface area contributed by atoms with Crippen LogP contribution in [0.4, 0.5) is 4.79 Å². The van der Waals surface area contributed by atoms with Gasteiger partial charge in [0.2, 0.25) is 0 Å². The molecule has 1 aromatic heterocycles. The fraction of sp³-hybridized carbons (Fsp3) is 0.400. The number of rotatable bonds is 0. The molecule has 0 atom stereocenters. The number of carbonyl (C=O) groups is 1. The highest BCUT2D eigenvalue weighted by Crippen LogP contribution is 2.04. The monoisotopic (exact) mass is 230 g/mol. The van der Waals surface area contributed by atoms with Crippen molar-refractivity contribution < 1.29 is 9.53 Å². The van der Waals surface area contributed by atoms with E-state index < -0.39 is 11.7 Å². The van der Waals surface area contributed by atoms with Gasteiger partial charge < -0.3 is 10.5 Å². The summed E-state index contributed by atoms with van der Waals surface area (Å²) in [6, 6.07) is 5.41. The fourth-order valence-electron chi connectivity index (χ4n) is 0.644. The number of halogens is 1. The van der Waals surface area contributed by atoms with Gasteiger partial charge in [0.1, 0.15) is 10.8 Å². The molecule has 1 aromatic rings. The van der Waals surface area contributed by atoms with E-state index in [9.17, 15) is 4.79 Å². The van der Waals surface area contributed by atoms with Crippen molar-refractivity contribution in [1.29, 1.82) is 0 Å². The van der Waals surface area contributed by atoms with Gasteiger partial charge in [-0.05, 0) is 32.9 Å². The molecule has 1 amide bonds. The second-order valence-corrected chi connectivity index (χ2v) is 4.07. The van der Waals surface area contributed by atoms with Gasteiger partial charge in [-0.15, -0.1) is 0 Å². The molecule has 0 aliphatic heterocycles. The first-order chi connectivity index (χ1) is 6.81. The molecule has 0 unspecified atom stereocenters. The molecule has 2 N–H and O–H groups in total. The zero-order chi connectivity index (χ0) is 11.9. The summed E-state index contributed by atoms with van der Waals surface area (Å²) < 4.78 is 4.58. The van der Waals surface area contributed by atoms with Crippen LogP contribution in [0, 0.1) is 0 Å². The molecule has 0 fully saturated rings. The summed E-state index contributed by atoms with van der Waals surface area (Å²) in [5.41, 5.74) is 4.26. The van der Waals surface area contributed by atoms with Gasteiger partial charge in [0.25, 0.3) is 0 Å². The average molecular weight is 231 g/mol. The first kappa shape index (κ1) is 13.7. The van der Waals surface area contributed by atoms with Crippen molar-refractivity contribution in [3.05, 3.63) is 29.5 Å². The minimum Gasteiger partial charge on any atom is -0.444 e. The van der Waals surface area contributed by atoms with Crippen LogP contribution in [0.3, 0.4) is 0 Å². The average Bonchev–Trinajstić information content (AvgIpc) is 2.01. The molecule has 0 saturated carbocycles. The van der Waals surface area contributed by atoms with E-state index in [2.05, 4.69) is 9.72 Å². The summed E-state index contributed by atoms with van der Waals surface area (Å²) in [7, 11) is 0. The fourth-order valence-corrected chi connectivity index (χ4v) is 0.773. The number of primary amides is 1. The lowest BCUT2D eigenvalue weighted by Crippen LogP contribution is -2.27. The van der Waals surface area contributed by atoms with E-state index in [4.69, 9.17) is 17.3 Å². The van der Waals surface area contributed by atoms with Gasteiger partial charge >= 0.3 is 6.09 Å². The quantitative estimate of drug-likeness (QED) is 0.697. The molecule has 0 spiro atoms. The molecule has 0 aliphatic rings. The van der Waals surface area contributed by atoms with E-state index in [1.807, 2.05) is 12.1 Å². The Balaban J connectivity index is 0.000000262. The number of hydrogen-bond acceptors (Lipinski definition) is 3. The molecular formula is C10H15ClN2O2. The molecule has 15 heavy (non-hydrogen) atoms. The van der Waals surface area contributed by atoms with Gasteiger partial charge in [0.05, 0.1) is 0 Å². The van der Waals surface area contributed by atoms with Crippen LogP contribution in [0.5, 0.6) is 0 Å². The molecule has 0 aliphatic carbocycles. The van der Waals surface area contributed by atoms with Crippen molar-refractivity contribution in [2.75, 3.05) is 0 Å². The predicted molar refractivity (Wildman–Crippen MR) is 59.7 cm³/mol. The highest BCUT2D eigenvalue weighted by molar-refractivity contribution is 6.29. The van der Waals surface area contributed by atoms with Crippen LogP contribution in [0.1, 0.15) is 20.8 Å². The Bertz CT molecular complexity index is 296. The summed E-state index contributed by atoms with van der Waals surface area (Å²) in [6.45, 7) is 5.28. The molecule has 1 rings (SSSR count). The maximum atomic E-state index is 10.0. The Labute approximate surface area is 94.4 Å². The summed E-state index contributed by atoms with van der Waals surface area (Å²) >= 11 is 5.43. The molecule has 1 heterocycles. The number of hydrogen-bond donors (Lipinski definition) is 1. The zero-order valence-corrected chi connectivity index (χ0v) is 9.78. The number of carbonyl (C=O) groups excluding carboxylic acids is 1. The minimum absolute atomic E-state index is 0.453. The summed E-state index contributed by atoms with van der Waals surface area (Å²) in [5.74, 6) is 0. The van der Waals surface area contributed by atoms with Crippen molar-refractivity contribution in [3.8, 4) is 0 Å². The van der Waals surface area contributed by atoms with E-state index >= 15 is 0 Å². The van der Waals surface area contributed by atoms with Crippen LogP contribution in [-0.2, 0) is 4.74 Å². The van der Waals surface area contributed by atoms with Gasteiger partial charge in [-0.2, -0.15) is 0 Å². The molecule has 0 bridgehead atoms. The largest absolute Gasteiger partial charge is 0.444 e. The Kier molecular flexibility index (Phi) is 5.70. The van der Waals surface area contributed by atoms with Gasteiger partial charge in [-0.1, -0.05) is 17.7 Å². The van der Waals surface area contributed by atoms with Gasteiger partial charge in [0.15, 0.2) is 0 Å². The first-order valence-corrected chi connectivity index (χ1v) is 4.74. The van der Waals surface area contributed by atoms with E-state index in [0.717, 1.165) is 0 Å². The number of aromatic nitrogens is 1. The van der Waals surface area contributed by atoms with Crippen molar-refractivity contribution in [3.63, 3.8) is 0 Å². The Hall–Kier alpha value is -1.29. The lowest BCUT2D eigenvalue weighted by atomic mass is 10.2. The van der Waals surface area contributed by atoms with Crippen molar-refractivity contribution in [2.24, 2.45) is 5.73 Å². The molecule has 84 valence electrons. The van der Waals surface area contributed by atoms with Gasteiger partial charge in [0, 0.05) is 6.20 Å². The molecule has 0 saturated heterocycles. The number of ether oxygens (including phenoxy) is 1. The Morgan fingerprint density at radius 1 is 1.47 bits per heavy atom. The van der Waals surface area contributed by atoms with Crippen LogP contribution in [0.25, 0.3) is 0 Å². The second-order valence-electron chi connectivity index (χ2n) is 3.69. The third kappa shape index (κ3) is 10.6. The number of nitrogens with two attached hydrogens (primary N) is 1. The van der Waals surface area contributed by atoms with Crippen LogP contribution >= 0.6 is 11.6 Å². The maximum Gasteiger partial charge on any atom is 0.405 e. The third-order valence-electron chi connectivity index (χ3n) is 1.04. The second kappa shape index (κ2) is 6.24. The molecule has 4 nitrogen and oxygen atoms in total. The molecule has 5 heteroatoms. The third-order valence-corrected chi connectivity index (χ3v) is 1.26. The highest BCUT2D eigenvalue weighted by Gasteiger charge is 2.12. The maximum absolute atomic E-state index is 10.0. The Morgan fingerprint density at radius 2 is 2.07 bits per heavy atom. The minimum atomic E-state index is -0.725. The van der Waals surface area contributed by atoms with E-state index in [1.165, 1.54) is 0 Å². The summed E-state index contributed by atoms with van der Waals surface area (Å²) in [5, 5.41) is 0.544. The molecular weight excluding hydrogens is 216 g/mol. The molecule has 0 aromatic carbocycles. The Morgan fingerprint density at radius 3 is 2.20 bits per heavy atom. The lowest BCUT2D eigenvalue weighted by molar-refractivity contribution is 0.0600. The van der Waals surface area contributed by atoms with E-state index in [-0.39, 0.29) is 0 Å². The van der Waals surface area contributed by atoms with Crippen molar-refractivity contribution in [2.45, 2.75) is 26.4 Å². The SMILES string of the molecule is CC(C)(C)OC(N)=O.Clc1ccccn1. The predicted octanol–water partition coefficient (Wildman–Crippen LogP) is 2.62. The summed E-state index contributed by atoms with van der Waals surface area (Å²) in [4.78, 5) is 13.8. The zero-order valence-electron chi connectivity index (χ0n) is 9.03. The topological polar surface area (TPSA) is 65.2 Å². The lowest BCUT2D eigenvalue weighted by Gasteiger charge is -2.16. The summed E-state index contributed by atoms with van der Waals surface area (Å²) in [6.07, 6.45) is 0.931. The van der Waals surface area contributed by atoms with E-state index in [1.54, 1.807) is 33.0 Å². The number of pyridine rings is 1. The number of amides is 1. The van der Waals surface area contributed by atoms with E-state index in [0.29, 0.717) is 5.15 Å². The normalized spacial score (nSPS) is 9.87. The van der Waals surface area contributed by atoms with Crippen LogP contribution in [0.15, 0.2) is 24.4 Å². The van der Waals surface area contributed by atoms with Crippen LogP contribution in [-0.4, -0.2) is 16.7 Å². The van der Waals surface area contributed by atoms with Crippen molar-refractivity contribution in [1.82, 2.24) is 4.98 Å². The van der Waals surface area contributed by atoms with Crippen LogP contribution in [0.2, 0.25) is 5.15 Å². The standard InChI is InChI=1S/C5H4ClN.C5H11NO2/c6-5-3-1-2-4-7-5;1-5(2,3)8-4(6)7/h1-4H;1-3H3,(H2,6,7). The van der Waals surface area contributed by atoms with Crippen molar-refractivity contribution >= 4 is 17.7 Å². The highest BCUT2D eigenvalue weighted by atomic mass is 35.5. The molecule has 0 radical (unpaired) electrons. The van der Waals surface area contributed by atoms with Gasteiger partial charge in [-0.25, -0.2) is 9.78 Å². The van der Waals surface area contributed by atoms with Crippen LogP contribution < -0.4 is 5.73 Å². The van der Waals surface area contributed by atoms with Gasteiger partial charge in [-0.3, -0.25) is 0 Å². The number of nitrogens with zero attached hydrogens (tertiary/aromatic N) is 1. The smallest absolute Gasteiger partial charge is 0.405 e. The first-order valence-electron chi connectivity index (χ1n) is 4.36.